The quantitative estimate of drug-likeness (QED) is 0.342. The van der Waals surface area contributed by atoms with Crippen LogP contribution in [0.1, 0.15) is 64.2 Å². The summed E-state index contributed by atoms with van der Waals surface area (Å²) in [5.41, 5.74) is 3.78. The topological polar surface area (TPSA) is 82.4 Å². The minimum absolute atomic E-state index is 0.0657. The van der Waals surface area contributed by atoms with E-state index in [1.165, 1.54) is 36.6 Å². The Bertz CT molecular complexity index is 1120. The largest absolute Gasteiger partial charge is 0.454 e. The van der Waals surface area contributed by atoms with Gasteiger partial charge in [0.25, 0.3) is 0 Å². The van der Waals surface area contributed by atoms with Crippen molar-refractivity contribution in [2.75, 3.05) is 12.9 Å². The molecule has 0 bridgehead atoms. The van der Waals surface area contributed by atoms with E-state index in [1.807, 2.05) is 19.9 Å². The van der Waals surface area contributed by atoms with Gasteiger partial charge in [0.05, 0.1) is 10.5 Å². The molecule has 31 heavy (non-hydrogen) atoms. The maximum Gasteiger partial charge on any atom is 0.339 e. The maximum atomic E-state index is 12.7. The highest BCUT2D eigenvalue weighted by atomic mass is 32.2. The molecule has 1 heterocycles. The van der Waals surface area contributed by atoms with Crippen molar-refractivity contribution >= 4 is 21.6 Å². The van der Waals surface area contributed by atoms with Crippen molar-refractivity contribution in [1.29, 1.82) is 0 Å². The number of rotatable bonds is 8. The van der Waals surface area contributed by atoms with Crippen LogP contribution in [-0.2, 0) is 21.1 Å². The summed E-state index contributed by atoms with van der Waals surface area (Å²) >= 11 is 0. The highest BCUT2D eigenvalue weighted by molar-refractivity contribution is 7.90. The Labute approximate surface area is 183 Å². The number of benzene rings is 1. The van der Waals surface area contributed by atoms with Gasteiger partial charge in [0.1, 0.15) is 0 Å². The first-order valence-corrected chi connectivity index (χ1v) is 12.4. The summed E-state index contributed by atoms with van der Waals surface area (Å²) in [7, 11) is -3.59. The number of aryl methyl sites for hydroxylation is 1. The molecule has 166 valence electrons. The number of allylic oxidation sites excluding steroid dienone is 2. The van der Waals surface area contributed by atoms with Crippen molar-refractivity contribution in [1.82, 2.24) is 4.57 Å². The summed E-state index contributed by atoms with van der Waals surface area (Å²) < 4.78 is 31.1. The Hall–Kier alpha value is -2.67. The normalized spacial score (nSPS) is 14.2. The van der Waals surface area contributed by atoms with E-state index in [9.17, 15) is 18.0 Å². The van der Waals surface area contributed by atoms with Crippen molar-refractivity contribution in [3.05, 3.63) is 64.5 Å². The third kappa shape index (κ3) is 5.53. The number of esters is 1. The average Bonchev–Trinajstić information content (AvgIpc) is 3.04. The van der Waals surface area contributed by atoms with Gasteiger partial charge < -0.3 is 9.30 Å². The predicted molar refractivity (Wildman–Crippen MR) is 119 cm³/mol. The second-order valence-electron chi connectivity index (χ2n) is 8.06. The molecule has 0 spiro atoms. The van der Waals surface area contributed by atoms with Crippen molar-refractivity contribution in [3.8, 4) is 0 Å². The monoisotopic (exact) mass is 443 g/mol. The van der Waals surface area contributed by atoms with Gasteiger partial charge in [-0.25, -0.2) is 13.2 Å². The minimum Gasteiger partial charge on any atom is -0.454 e. The number of Topliss-reactive ketones (excluding diaryl/α,β-unsaturated/α-hetero) is 1. The van der Waals surface area contributed by atoms with E-state index < -0.39 is 22.4 Å². The summed E-state index contributed by atoms with van der Waals surface area (Å²) in [5, 5.41) is 0. The fraction of sp³-hybridized carbons (Fsp3) is 0.417. The van der Waals surface area contributed by atoms with E-state index in [-0.39, 0.29) is 16.2 Å². The molecule has 0 radical (unpaired) electrons. The van der Waals surface area contributed by atoms with Crippen LogP contribution in [0, 0.1) is 13.8 Å². The van der Waals surface area contributed by atoms with Crippen molar-refractivity contribution in [3.63, 3.8) is 0 Å². The second kappa shape index (κ2) is 9.64. The summed E-state index contributed by atoms with van der Waals surface area (Å²) in [4.78, 5) is 25.1. The van der Waals surface area contributed by atoms with Gasteiger partial charge in [-0.2, -0.15) is 0 Å². The third-order valence-corrected chi connectivity index (χ3v) is 6.91. The molecule has 6 nitrogen and oxygen atoms in total. The van der Waals surface area contributed by atoms with Crippen LogP contribution in [0.5, 0.6) is 0 Å². The number of nitrogens with zero attached hydrogens (tertiary/aromatic N) is 1. The summed E-state index contributed by atoms with van der Waals surface area (Å²) in [6.07, 6.45) is 9.14. The van der Waals surface area contributed by atoms with Crippen LogP contribution in [0.3, 0.4) is 0 Å². The van der Waals surface area contributed by atoms with E-state index in [2.05, 4.69) is 10.6 Å². The predicted octanol–water partition coefficient (Wildman–Crippen LogP) is 4.44. The van der Waals surface area contributed by atoms with E-state index in [0.29, 0.717) is 5.56 Å². The number of carbonyl (C=O) groups is 2. The number of ketones is 1. The van der Waals surface area contributed by atoms with Crippen LogP contribution >= 0.6 is 0 Å². The van der Waals surface area contributed by atoms with Crippen LogP contribution in [0.2, 0.25) is 0 Å². The van der Waals surface area contributed by atoms with Gasteiger partial charge in [0.2, 0.25) is 5.78 Å². The lowest BCUT2D eigenvalue weighted by Gasteiger charge is -2.15. The van der Waals surface area contributed by atoms with E-state index in [0.717, 1.165) is 43.5 Å². The molecular weight excluding hydrogens is 414 g/mol. The molecule has 7 heteroatoms. The Kier molecular flexibility index (Phi) is 7.15. The van der Waals surface area contributed by atoms with Crippen LogP contribution in [0.15, 0.2) is 46.9 Å². The molecule has 0 saturated carbocycles. The van der Waals surface area contributed by atoms with Gasteiger partial charge in [-0.3, -0.25) is 4.79 Å². The molecule has 0 fully saturated rings. The molecule has 0 saturated heterocycles. The number of aromatic nitrogens is 1. The standard InChI is InChI=1S/C24H29NO5S/c1-17-15-21(18(2)25(17)14-13-19-9-5-4-6-10-19)22(26)16-30-24(27)20-11-7-8-12-23(20)31(3,28)29/h7-9,11-12,15H,4-6,10,13-14,16H2,1-3H3. The Morgan fingerprint density at radius 3 is 2.52 bits per heavy atom. The fourth-order valence-corrected chi connectivity index (χ4v) is 4.94. The molecule has 0 N–H and O–H groups in total. The molecular formula is C24H29NO5S. The van der Waals surface area contributed by atoms with Crippen LogP contribution < -0.4 is 0 Å². The molecule has 2 aromatic rings. The van der Waals surface area contributed by atoms with Gasteiger partial charge in [-0.15, -0.1) is 0 Å². The molecule has 1 aliphatic carbocycles. The zero-order valence-electron chi connectivity index (χ0n) is 18.3. The number of ether oxygens (including phenoxy) is 1. The molecule has 0 aliphatic heterocycles. The first kappa shape index (κ1) is 23.0. The van der Waals surface area contributed by atoms with Crippen LogP contribution in [0.4, 0.5) is 0 Å². The minimum atomic E-state index is -3.59. The van der Waals surface area contributed by atoms with E-state index in [1.54, 1.807) is 6.07 Å². The summed E-state index contributed by atoms with van der Waals surface area (Å²) in [6, 6.07) is 7.66. The lowest BCUT2D eigenvalue weighted by Crippen LogP contribution is -2.17. The highest BCUT2D eigenvalue weighted by Crippen LogP contribution is 2.23. The maximum absolute atomic E-state index is 12.7. The molecule has 3 rings (SSSR count). The zero-order valence-corrected chi connectivity index (χ0v) is 19.1. The van der Waals surface area contributed by atoms with Gasteiger partial charge in [-0.05, 0) is 64.2 Å². The summed E-state index contributed by atoms with van der Waals surface area (Å²) in [6.45, 7) is 4.24. The van der Waals surface area contributed by atoms with Crippen molar-refractivity contribution in [2.45, 2.75) is 57.4 Å². The zero-order chi connectivity index (χ0) is 22.6. The SMILES string of the molecule is Cc1cc(C(=O)COC(=O)c2ccccc2S(C)(=O)=O)c(C)n1CCC1=CCCCC1. The van der Waals surface area contributed by atoms with Gasteiger partial charge >= 0.3 is 5.97 Å². The number of carbonyl (C=O) groups excluding carboxylic acids is 2. The Morgan fingerprint density at radius 2 is 1.84 bits per heavy atom. The molecule has 1 aliphatic rings. The van der Waals surface area contributed by atoms with Crippen LogP contribution in [-0.4, -0.2) is 37.6 Å². The van der Waals surface area contributed by atoms with E-state index >= 15 is 0 Å². The number of hydrogen-bond acceptors (Lipinski definition) is 5. The second-order valence-corrected chi connectivity index (χ2v) is 10.0. The molecule has 1 aromatic heterocycles. The molecule has 0 amide bonds. The first-order valence-electron chi connectivity index (χ1n) is 10.5. The van der Waals surface area contributed by atoms with Crippen molar-refractivity contribution in [2.24, 2.45) is 0 Å². The van der Waals surface area contributed by atoms with E-state index in [4.69, 9.17) is 4.74 Å². The number of hydrogen-bond donors (Lipinski definition) is 0. The highest BCUT2D eigenvalue weighted by Gasteiger charge is 2.22. The van der Waals surface area contributed by atoms with Gasteiger partial charge in [-0.1, -0.05) is 23.8 Å². The lowest BCUT2D eigenvalue weighted by molar-refractivity contribution is 0.0470. The third-order valence-electron chi connectivity index (χ3n) is 5.76. The van der Waals surface area contributed by atoms with Gasteiger partial charge in [0, 0.05) is 29.8 Å². The Balaban J connectivity index is 1.67. The first-order chi connectivity index (χ1) is 14.7. The van der Waals surface area contributed by atoms with Crippen LogP contribution in [0.25, 0.3) is 0 Å². The average molecular weight is 444 g/mol. The lowest BCUT2D eigenvalue weighted by atomic mass is 9.97. The molecule has 1 aromatic carbocycles. The summed E-state index contributed by atoms with van der Waals surface area (Å²) in [5.74, 6) is -1.13. The Morgan fingerprint density at radius 1 is 1.10 bits per heavy atom. The van der Waals surface area contributed by atoms with Gasteiger partial charge in [0.15, 0.2) is 16.4 Å². The van der Waals surface area contributed by atoms with Crippen molar-refractivity contribution < 1.29 is 22.7 Å². The molecule has 0 unspecified atom stereocenters. The smallest absolute Gasteiger partial charge is 0.339 e. The fourth-order valence-electron chi connectivity index (χ4n) is 4.06. The number of sulfone groups is 1. The molecule has 0 atom stereocenters.